The summed E-state index contributed by atoms with van der Waals surface area (Å²) in [6.07, 6.45) is -10.1. The molecular formula is C26H19ClF7N5O4S. The number of carbonyl (C=O) groups excluding carboxylic acids is 1. The van der Waals surface area contributed by atoms with E-state index in [1.165, 1.54) is 19.2 Å². The summed E-state index contributed by atoms with van der Waals surface area (Å²) in [6.45, 7) is 1.25. The van der Waals surface area contributed by atoms with Gasteiger partial charge in [-0.15, -0.1) is 0 Å². The molecule has 18 heteroatoms. The van der Waals surface area contributed by atoms with Crippen molar-refractivity contribution in [2.75, 3.05) is 0 Å². The summed E-state index contributed by atoms with van der Waals surface area (Å²) < 4.78 is 128. The molecule has 0 aliphatic carbocycles. The molecule has 0 radical (unpaired) electrons. The van der Waals surface area contributed by atoms with E-state index in [1.807, 2.05) is 0 Å². The number of Topliss-reactive ketones (excluding diaryl/α,β-unsaturated/α-hetero) is 1. The number of furan rings is 1. The first kappa shape index (κ1) is 31.7. The monoisotopic (exact) mass is 665 g/mol. The summed E-state index contributed by atoms with van der Waals surface area (Å²) in [5.41, 5.74) is -1.92. The van der Waals surface area contributed by atoms with E-state index in [0.717, 1.165) is 24.5 Å². The first-order valence-corrected chi connectivity index (χ1v) is 14.5. The van der Waals surface area contributed by atoms with Crippen molar-refractivity contribution >= 4 is 38.4 Å². The quantitative estimate of drug-likeness (QED) is 0.173. The van der Waals surface area contributed by atoms with E-state index in [0.29, 0.717) is 10.5 Å². The first-order valence-electron chi connectivity index (χ1n) is 12.7. The fourth-order valence-corrected chi connectivity index (χ4v) is 6.89. The van der Waals surface area contributed by atoms with Crippen LogP contribution in [0.4, 0.5) is 30.7 Å². The van der Waals surface area contributed by atoms with Gasteiger partial charge in [0.15, 0.2) is 5.78 Å². The summed E-state index contributed by atoms with van der Waals surface area (Å²) in [7, 11) is -4.63. The molecule has 4 aromatic rings. The lowest BCUT2D eigenvalue weighted by Crippen LogP contribution is -2.44. The maximum atomic E-state index is 14.9. The lowest BCUT2D eigenvalue weighted by atomic mass is 9.98. The van der Waals surface area contributed by atoms with Crippen LogP contribution < -0.4 is 0 Å². The number of nitrogens with zero attached hydrogens (tertiary/aromatic N) is 5. The molecule has 1 aliphatic heterocycles. The molecule has 1 fully saturated rings. The number of hydrogen-bond acceptors (Lipinski definition) is 8. The number of halogens is 8. The van der Waals surface area contributed by atoms with E-state index in [9.17, 15) is 43.9 Å². The van der Waals surface area contributed by atoms with Crippen LogP contribution in [0.3, 0.4) is 0 Å². The number of pyridine rings is 2. The minimum atomic E-state index is -4.92. The van der Waals surface area contributed by atoms with Gasteiger partial charge in [-0.1, -0.05) is 11.6 Å². The van der Waals surface area contributed by atoms with E-state index in [1.54, 1.807) is 0 Å². The molecule has 0 unspecified atom stereocenters. The van der Waals surface area contributed by atoms with Gasteiger partial charge >= 0.3 is 12.4 Å². The van der Waals surface area contributed by atoms with Gasteiger partial charge < -0.3 is 4.42 Å². The summed E-state index contributed by atoms with van der Waals surface area (Å²) >= 11 is 6.00. The number of sulfonamides is 1. The fraction of sp³-hybridized carbons (Fsp3) is 0.346. The number of aromatic nitrogens is 4. The van der Waals surface area contributed by atoms with Crippen LogP contribution in [-0.2, 0) is 33.6 Å². The number of hydrogen-bond donors (Lipinski definition) is 0. The van der Waals surface area contributed by atoms with Gasteiger partial charge in [-0.2, -0.15) is 30.6 Å². The minimum Gasteiger partial charge on any atom is -0.443 e. The Labute approximate surface area is 249 Å². The molecule has 0 N–H and O–H groups in total. The Morgan fingerprint density at radius 2 is 1.73 bits per heavy atom. The second-order valence-corrected chi connectivity index (χ2v) is 12.0. The molecule has 5 heterocycles. The fourth-order valence-electron chi connectivity index (χ4n) is 4.90. The molecule has 0 amide bonds. The third-order valence-corrected chi connectivity index (χ3v) is 9.25. The SMILES string of the molecule is C[C@H]1[C@H](F)C[C@@H](C(=O)CCc2cc(-c3cnc(C(F)(F)F)nc3)ncc2C(F)(F)F)N1S(=O)(=O)c1cc2c(Cl)nccc2o1. The van der Waals surface area contributed by atoms with E-state index in [2.05, 4.69) is 19.9 Å². The number of alkyl halides is 7. The number of rotatable bonds is 7. The van der Waals surface area contributed by atoms with Crippen LogP contribution in [0.1, 0.15) is 36.7 Å². The Morgan fingerprint density at radius 3 is 2.34 bits per heavy atom. The third kappa shape index (κ3) is 5.99. The molecule has 0 saturated carbocycles. The van der Waals surface area contributed by atoms with Gasteiger partial charge in [0.25, 0.3) is 10.0 Å². The van der Waals surface area contributed by atoms with Crippen LogP contribution in [0.2, 0.25) is 5.15 Å². The number of aryl methyl sites for hydroxylation is 1. The van der Waals surface area contributed by atoms with Crippen molar-refractivity contribution in [3.63, 3.8) is 0 Å². The lowest BCUT2D eigenvalue weighted by Gasteiger charge is -2.25. The standard InChI is InChI=1S/C26H19ClF7N5O4S/c1-12-17(28)8-19(39(12)44(41,42)22-7-15-21(43-22)4-5-35-23(15)27)20(40)3-2-13-6-18(36-11-16(13)25(29,30)31)14-9-37-24(38-10-14)26(32,33)34/h4-7,9-12,17,19H,2-3,8H2,1H3/t12-,17+,19-/m0/s1. The van der Waals surface area contributed by atoms with Gasteiger partial charge in [0.1, 0.15) is 16.9 Å². The van der Waals surface area contributed by atoms with E-state index >= 15 is 0 Å². The van der Waals surface area contributed by atoms with Crippen molar-refractivity contribution in [2.45, 2.75) is 61.9 Å². The van der Waals surface area contributed by atoms with E-state index in [-0.39, 0.29) is 27.4 Å². The largest absolute Gasteiger partial charge is 0.451 e. The Morgan fingerprint density at radius 1 is 1.05 bits per heavy atom. The van der Waals surface area contributed by atoms with Crippen LogP contribution >= 0.6 is 11.6 Å². The normalized spacial score (nSPS) is 20.0. The highest BCUT2D eigenvalue weighted by atomic mass is 35.5. The lowest BCUT2D eigenvalue weighted by molar-refractivity contribution is -0.145. The van der Waals surface area contributed by atoms with Gasteiger partial charge in [-0.3, -0.25) is 9.78 Å². The number of ketones is 1. The molecule has 3 atom stereocenters. The van der Waals surface area contributed by atoms with Crippen molar-refractivity contribution < 1.29 is 48.4 Å². The Balaban J connectivity index is 1.42. The highest BCUT2D eigenvalue weighted by Crippen LogP contribution is 2.38. The summed E-state index contributed by atoms with van der Waals surface area (Å²) in [6, 6.07) is 0.489. The average Bonchev–Trinajstić information content (AvgIpc) is 3.53. The van der Waals surface area contributed by atoms with Crippen molar-refractivity contribution in [2.24, 2.45) is 0 Å². The van der Waals surface area contributed by atoms with Crippen LogP contribution in [0.5, 0.6) is 0 Å². The molecule has 234 valence electrons. The van der Waals surface area contributed by atoms with Gasteiger partial charge in [0.2, 0.25) is 10.9 Å². The molecule has 5 rings (SSSR count). The smallest absolute Gasteiger partial charge is 0.443 e. The van der Waals surface area contributed by atoms with Crippen molar-refractivity contribution in [3.05, 3.63) is 65.1 Å². The molecule has 9 nitrogen and oxygen atoms in total. The topological polar surface area (TPSA) is 119 Å². The van der Waals surface area contributed by atoms with Gasteiger partial charge in [0.05, 0.1) is 28.7 Å². The highest BCUT2D eigenvalue weighted by molar-refractivity contribution is 7.89. The predicted molar refractivity (Wildman–Crippen MR) is 139 cm³/mol. The Bertz CT molecular complexity index is 1830. The number of carbonyl (C=O) groups is 1. The Kier molecular flexibility index (Phi) is 8.17. The third-order valence-electron chi connectivity index (χ3n) is 7.10. The maximum Gasteiger partial charge on any atom is 0.451 e. The van der Waals surface area contributed by atoms with Crippen LogP contribution in [0, 0.1) is 0 Å². The molecule has 0 spiro atoms. The molecule has 1 saturated heterocycles. The highest BCUT2D eigenvalue weighted by Gasteiger charge is 2.50. The minimum absolute atomic E-state index is 0.0572. The summed E-state index contributed by atoms with van der Waals surface area (Å²) in [5.74, 6) is -2.32. The molecule has 1 aliphatic rings. The first-order chi connectivity index (χ1) is 20.5. The summed E-state index contributed by atoms with van der Waals surface area (Å²) in [5, 5.41) is -0.526. The molecule has 0 bridgehead atoms. The maximum absolute atomic E-state index is 14.9. The second-order valence-electron chi connectivity index (χ2n) is 9.91. The van der Waals surface area contributed by atoms with Gasteiger partial charge in [-0.05, 0) is 31.0 Å². The van der Waals surface area contributed by atoms with Gasteiger partial charge in [-0.25, -0.2) is 27.8 Å². The van der Waals surface area contributed by atoms with Crippen LogP contribution in [-0.4, -0.2) is 56.7 Å². The summed E-state index contributed by atoms with van der Waals surface area (Å²) in [4.78, 5) is 27.2. The zero-order chi connectivity index (χ0) is 32.2. The molecular weight excluding hydrogens is 647 g/mol. The average molecular weight is 666 g/mol. The zero-order valence-corrected chi connectivity index (χ0v) is 23.8. The molecule has 4 aromatic heterocycles. The number of fused-ring (bicyclic) bond motifs is 1. The molecule has 44 heavy (non-hydrogen) atoms. The van der Waals surface area contributed by atoms with Crippen LogP contribution in [0.15, 0.2) is 52.5 Å². The van der Waals surface area contributed by atoms with E-state index < -0.39 is 87.7 Å². The van der Waals surface area contributed by atoms with Crippen LogP contribution in [0.25, 0.3) is 22.2 Å². The van der Waals surface area contributed by atoms with E-state index in [4.69, 9.17) is 16.0 Å². The molecule has 0 aromatic carbocycles. The second kappa shape index (κ2) is 11.3. The van der Waals surface area contributed by atoms with Crippen molar-refractivity contribution in [1.29, 1.82) is 0 Å². The predicted octanol–water partition coefficient (Wildman–Crippen LogP) is 6.06. The Hall–Kier alpha value is -3.70. The van der Waals surface area contributed by atoms with Gasteiger partial charge in [0, 0.05) is 49.3 Å². The van der Waals surface area contributed by atoms with Crippen molar-refractivity contribution in [1.82, 2.24) is 24.2 Å². The van der Waals surface area contributed by atoms with Crippen molar-refractivity contribution in [3.8, 4) is 11.3 Å². The zero-order valence-electron chi connectivity index (χ0n) is 22.2.